The zero-order valence-corrected chi connectivity index (χ0v) is 14.2. The molecule has 1 aromatic carbocycles. The summed E-state index contributed by atoms with van der Waals surface area (Å²) in [4.78, 5) is 12.4. The Hall–Kier alpha value is -2.05. The summed E-state index contributed by atoms with van der Waals surface area (Å²) in [6, 6.07) is 11.1. The van der Waals surface area contributed by atoms with Crippen molar-refractivity contribution in [1.29, 1.82) is 0 Å². The predicted molar refractivity (Wildman–Crippen MR) is 93.1 cm³/mol. The van der Waals surface area contributed by atoms with Crippen LogP contribution in [0.2, 0.25) is 5.02 Å². The number of benzene rings is 1. The largest absolute Gasteiger partial charge is 0.325 e. The molecule has 1 atom stereocenters. The molecule has 7 heteroatoms. The number of nitrogens with zero attached hydrogens (tertiary/aromatic N) is 3. The minimum atomic E-state index is -0.319. The molecule has 0 saturated heterocycles. The highest BCUT2D eigenvalue weighted by atomic mass is 35.5. The number of thioether (sulfide) groups is 1. The number of anilines is 1. The van der Waals surface area contributed by atoms with E-state index >= 15 is 0 Å². The molecule has 0 unspecified atom stereocenters. The first-order valence-corrected chi connectivity index (χ1v) is 8.34. The first kappa shape index (κ1) is 15.8. The van der Waals surface area contributed by atoms with Crippen molar-refractivity contribution in [2.45, 2.75) is 24.3 Å². The SMILES string of the molecule is Cc1c(Cl)cccc1NC(=O)[C@@H](C)Sc1nnc2ccccn12. The van der Waals surface area contributed by atoms with Crippen molar-refractivity contribution >= 4 is 40.6 Å². The second kappa shape index (κ2) is 6.60. The van der Waals surface area contributed by atoms with E-state index in [9.17, 15) is 4.79 Å². The molecule has 0 fully saturated rings. The lowest BCUT2D eigenvalue weighted by Gasteiger charge is -2.13. The number of hydrogen-bond donors (Lipinski definition) is 1. The van der Waals surface area contributed by atoms with Gasteiger partial charge in [0.1, 0.15) is 0 Å². The van der Waals surface area contributed by atoms with Gasteiger partial charge in [0.2, 0.25) is 5.91 Å². The van der Waals surface area contributed by atoms with E-state index in [2.05, 4.69) is 15.5 Å². The van der Waals surface area contributed by atoms with Gasteiger partial charge in [0.05, 0.1) is 5.25 Å². The second-order valence-corrected chi connectivity index (χ2v) is 6.79. The fourth-order valence-corrected chi connectivity index (χ4v) is 3.10. The van der Waals surface area contributed by atoms with Crippen LogP contribution in [-0.2, 0) is 4.79 Å². The molecule has 2 heterocycles. The molecule has 3 aromatic rings. The second-order valence-electron chi connectivity index (χ2n) is 5.07. The van der Waals surface area contributed by atoms with E-state index in [1.54, 1.807) is 6.07 Å². The summed E-state index contributed by atoms with van der Waals surface area (Å²) in [6.07, 6.45) is 1.88. The first-order chi connectivity index (χ1) is 11.1. The third-order valence-electron chi connectivity index (χ3n) is 3.46. The van der Waals surface area contributed by atoms with Crippen LogP contribution in [0.5, 0.6) is 0 Å². The Kier molecular flexibility index (Phi) is 4.54. The van der Waals surface area contributed by atoms with E-state index in [1.165, 1.54) is 11.8 Å². The zero-order chi connectivity index (χ0) is 16.4. The third kappa shape index (κ3) is 3.33. The van der Waals surface area contributed by atoms with Crippen molar-refractivity contribution in [2.75, 3.05) is 5.32 Å². The van der Waals surface area contributed by atoms with Gasteiger partial charge in [0.25, 0.3) is 0 Å². The topological polar surface area (TPSA) is 59.3 Å². The van der Waals surface area contributed by atoms with Gasteiger partial charge in [0, 0.05) is 16.9 Å². The predicted octanol–water partition coefficient (Wildman–Crippen LogP) is 3.81. The van der Waals surface area contributed by atoms with Gasteiger partial charge in [-0.3, -0.25) is 9.20 Å². The van der Waals surface area contributed by atoms with Gasteiger partial charge >= 0.3 is 0 Å². The molecule has 0 saturated carbocycles. The Morgan fingerprint density at radius 2 is 2.09 bits per heavy atom. The van der Waals surface area contributed by atoms with Crippen LogP contribution in [0.4, 0.5) is 5.69 Å². The van der Waals surface area contributed by atoms with E-state index in [1.807, 2.05) is 54.8 Å². The number of fused-ring (bicyclic) bond motifs is 1. The van der Waals surface area contributed by atoms with Crippen LogP contribution in [0.1, 0.15) is 12.5 Å². The van der Waals surface area contributed by atoms with Crippen LogP contribution in [0.25, 0.3) is 5.65 Å². The van der Waals surface area contributed by atoms with Crippen LogP contribution in [0, 0.1) is 6.92 Å². The van der Waals surface area contributed by atoms with E-state index in [0.717, 1.165) is 16.9 Å². The summed E-state index contributed by atoms with van der Waals surface area (Å²) in [7, 11) is 0. The number of amides is 1. The lowest BCUT2D eigenvalue weighted by molar-refractivity contribution is -0.115. The lowest BCUT2D eigenvalue weighted by atomic mass is 10.2. The molecular formula is C16H15ClN4OS. The number of hydrogen-bond acceptors (Lipinski definition) is 4. The molecule has 0 bridgehead atoms. The summed E-state index contributed by atoms with van der Waals surface area (Å²) >= 11 is 7.44. The number of rotatable bonds is 4. The molecule has 0 aliphatic carbocycles. The van der Waals surface area contributed by atoms with Crippen molar-refractivity contribution in [3.63, 3.8) is 0 Å². The highest BCUT2D eigenvalue weighted by Crippen LogP contribution is 2.26. The summed E-state index contributed by atoms with van der Waals surface area (Å²) in [6.45, 7) is 3.71. The minimum Gasteiger partial charge on any atom is -0.325 e. The maximum atomic E-state index is 12.4. The number of nitrogens with one attached hydrogen (secondary N) is 1. The van der Waals surface area contributed by atoms with Crippen molar-refractivity contribution < 1.29 is 4.79 Å². The summed E-state index contributed by atoms with van der Waals surface area (Å²) < 4.78 is 1.86. The molecule has 0 spiro atoms. The average molecular weight is 347 g/mol. The number of halogens is 1. The molecule has 1 amide bonds. The van der Waals surface area contributed by atoms with E-state index in [-0.39, 0.29) is 11.2 Å². The van der Waals surface area contributed by atoms with Gasteiger partial charge in [-0.15, -0.1) is 10.2 Å². The van der Waals surface area contributed by atoms with E-state index in [4.69, 9.17) is 11.6 Å². The average Bonchev–Trinajstić information content (AvgIpc) is 2.95. The van der Waals surface area contributed by atoms with E-state index in [0.29, 0.717) is 10.2 Å². The van der Waals surface area contributed by atoms with Gasteiger partial charge in [0.15, 0.2) is 10.8 Å². The Morgan fingerprint density at radius 3 is 2.91 bits per heavy atom. The third-order valence-corrected chi connectivity index (χ3v) is 4.93. The number of pyridine rings is 1. The summed E-state index contributed by atoms with van der Waals surface area (Å²) in [5.74, 6) is -0.104. The standard InChI is InChI=1S/C16H15ClN4OS/c1-10-12(17)6-5-7-13(10)18-15(22)11(2)23-16-20-19-14-8-3-4-9-21(14)16/h3-9,11H,1-2H3,(H,18,22)/t11-/m1/s1. The van der Waals surface area contributed by atoms with Crippen molar-refractivity contribution in [2.24, 2.45) is 0 Å². The number of aromatic nitrogens is 3. The van der Waals surface area contributed by atoms with Gasteiger partial charge in [-0.25, -0.2) is 0 Å². The quantitative estimate of drug-likeness (QED) is 0.730. The molecule has 2 aromatic heterocycles. The molecule has 3 rings (SSSR count). The van der Waals surface area contributed by atoms with Crippen LogP contribution in [0.15, 0.2) is 47.8 Å². The number of carbonyl (C=O) groups excluding carboxylic acids is 1. The van der Waals surface area contributed by atoms with Crippen LogP contribution in [-0.4, -0.2) is 25.8 Å². The fourth-order valence-electron chi connectivity index (χ4n) is 2.09. The number of carbonyl (C=O) groups is 1. The Bertz CT molecular complexity index is 864. The Morgan fingerprint density at radius 1 is 1.26 bits per heavy atom. The molecule has 118 valence electrons. The van der Waals surface area contributed by atoms with Crippen LogP contribution >= 0.6 is 23.4 Å². The highest BCUT2D eigenvalue weighted by molar-refractivity contribution is 8.00. The maximum absolute atomic E-state index is 12.4. The van der Waals surface area contributed by atoms with Crippen LogP contribution in [0.3, 0.4) is 0 Å². The van der Waals surface area contributed by atoms with Crippen molar-refractivity contribution in [3.8, 4) is 0 Å². The molecule has 1 N–H and O–H groups in total. The smallest absolute Gasteiger partial charge is 0.237 e. The molecular weight excluding hydrogens is 332 g/mol. The minimum absolute atomic E-state index is 0.104. The monoisotopic (exact) mass is 346 g/mol. The van der Waals surface area contributed by atoms with Gasteiger partial charge in [-0.1, -0.05) is 35.5 Å². The maximum Gasteiger partial charge on any atom is 0.237 e. The van der Waals surface area contributed by atoms with Gasteiger partial charge in [-0.2, -0.15) is 0 Å². The molecule has 0 aliphatic rings. The van der Waals surface area contributed by atoms with E-state index < -0.39 is 0 Å². The summed E-state index contributed by atoms with van der Waals surface area (Å²) in [5.41, 5.74) is 2.34. The molecule has 0 radical (unpaired) electrons. The Labute approximate surface area is 143 Å². The van der Waals surface area contributed by atoms with Crippen LogP contribution < -0.4 is 5.32 Å². The Balaban J connectivity index is 1.74. The molecule has 5 nitrogen and oxygen atoms in total. The molecule has 0 aliphatic heterocycles. The normalized spacial score (nSPS) is 12.3. The first-order valence-electron chi connectivity index (χ1n) is 7.08. The summed E-state index contributed by atoms with van der Waals surface area (Å²) in [5, 5.41) is 12.1. The van der Waals surface area contributed by atoms with Crippen molar-refractivity contribution in [3.05, 3.63) is 53.2 Å². The fraction of sp³-hybridized carbons (Fsp3) is 0.188. The highest BCUT2D eigenvalue weighted by Gasteiger charge is 2.18. The van der Waals surface area contributed by atoms with Gasteiger partial charge < -0.3 is 5.32 Å². The lowest BCUT2D eigenvalue weighted by Crippen LogP contribution is -2.23. The van der Waals surface area contributed by atoms with Crippen molar-refractivity contribution in [1.82, 2.24) is 14.6 Å². The zero-order valence-electron chi connectivity index (χ0n) is 12.7. The van der Waals surface area contributed by atoms with Gasteiger partial charge in [-0.05, 0) is 43.7 Å². The molecule has 23 heavy (non-hydrogen) atoms.